The SMILES string of the molecule is CCN(c1ccccc1)c1ncc(Br)cc1CNC1CC1. The summed E-state index contributed by atoms with van der Waals surface area (Å²) in [5.41, 5.74) is 2.42. The monoisotopic (exact) mass is 345 g/mol. The zero-order valence-electron chi connectivity index (χ0n) is 12.2. The first-order valence-corrected chi connectivity index (χ1v) is 8.27. The predicted octanol–water partition coefficient (Wildman–Crippen LogP) is 4.25. The maximum Gasteiger partial charge on any atom is 0.137 e. The van der Waals surface area contributed by atoms with E-state index in [1.165, 1.54) is 24.1 Å². The second kappa shape index (κ2) is 6.58. The van der Waals surface area contributed by atoms with Crippen molar-refractivity contribution in [2.24, 2.45) is 0 Å². The molecule has 0 aliphatic heterocycles. The molecule has 0 unspecified atom stereocenters. The first-order chi connectivity index (χ1) is 10.3. The van der Waals surface area contributed by atoms with Crippen LogP contribution in [0.1, 0.15) is 25.3 Å². The molecule has 1 aromatic heterocycles. The summed E-state index contributed by atoms with van der Waals surface area (Å²) in [5.74, 6) is 1.04. The molecule has 1 aromatic carbocycles. The number of hydrogen-bond donors (Lipinski definition) is 1. The topological polar surface area (TPSA) is 28.2 Å². The van der Waals surface area contributed by atoms with E-state index in [2.05, 4.69) is 68.4 Å². The number of rotatable bonds is 6. The van der Waals surface area contributed by atoms with Crippen LogP contribution in [0.25, 0.3) is 0 Å². The third kappa shape index (κ3) is 3.63. The largest absolute Gasteiger partial charge is 0.326 e. The molecule has 0 saturated heterocycles. The lowest BCUT2D eigenvalue weighted by molar-refractivity contribution is 0.684. The van der Waals surface area contributed by atoms with Gasteiger partial charge in [-0.05, 0) is 53.9 Å². The number of para-hydroxylation sites is 1. The Hall–Kier alpha value is -1.39. The van der Waals surface area contributed by atoms with E-state index in [0.717, 1.165) is 23.4 Å². The number of nitrogens with zero attached hydrogens (tertiary/aromatic N) is 2. The number of halogens is 1. The van der Waals surface area contributed by atoms with Crippen LogP contribution in [0.3, 0.4) is 0 Å². The lowest BCUT2D eigenvalue weighted by atomic mass is 10.2. The van der Waals surface area contributed by atoms with Crippen molar-refractivity contribution in [3.63, 3.8) is 0 Å². The van der Waals surface area contributed by atoms with Gasteiger partial charge in [0.15, 0.2) is 0 Å². The first kappa shape index (κ1) is 14.5. The molecule has 2 aromatic rings. The van der Waals surface area contributed by atoms with E-state index in [-0.39, 0.29) is 0 Å². The minimum Gasteiger partial charge on any atom is -0.326 e. The Morgan fingerprint density at radius 3 is 2.71 bits per heavy atom. The summed E-state index contributed by atoms with van der Waals surface area (Å²) in [6.07, 6.45) is 4.47. The van der Waals surface area contributed by atoms with Crippen LogP contribution in [0.5, 0.6) is 0 Å². The highest BCUT2D eigenvalue weighted by Crippen LogP contribution is 2.29. The fourth-order valence-electron chi connectivity index (χ4n) is 2.45. The van der Waals surface area contributed by atoms with Crippen LogP contribution >= 0.6 is 15.9 Å². The van der Waals surface area contributed by atoms with Gasteiger partial charge < -0.3 is 10.2 Å². The van der Waals surface area contributed by atoms with Gasteiger partial charge in [0.05, 0.1) is 0 Å². The molecule has 1 heterocycles. The Morgan fingerprint density at radius 1 is 1.29 bits per heavy atom. The van der Waals surface area contributed by atoms with Crippen molar-refractivity contribution in [2.75, 3.05) is 11.4 Å². The second-order valence-electron chi connectivity index (χ2n) is 5.37. The summed E-state index contributed by atoms with van der Waals surface area (Å²) in [4.78, 5) is 6.92. The number of nitrogens with one attached hydrogen (secondary N) is 1. The average molecular weight is 346 g/mol. The lowest BCUT2D eigenvalue weighted by Crippen LogP contribution is -2.22. The summed E-state index contributed by atoms with van der Waals surface area (Å²) in [6, 6.07) is 13.3. The van der Waals surface area contributed by atoms with E-state index in [1.807, 2.05) is 12.3 Å². The molecule has 1 N–H and O–H groups in total. The molecule has 1 fully saturated rings. The van der Waals surface area contributed by atoms with Gasteiger partial charge in [-0.2, -0.15) is 0 Å². The Balaban J connectivity index is 1.90. The molecule has 21 heavy (non-hydrogen) atoms. The van der Waals surface area contributed by atoms with Gasteiger partial charge in [0.25, 0.3) is 0 Å². The average Bonchev–Trinajstić information content (AvgIpc) is 3.33. The van der Waals surface area contributed by atoms with Gasteiger partial charge in [0.1, 0.15) is 5.82 Å². The standard InChI is InChI=1S/C17H20BrN3/c1-2-21(16-6-4-3-5-7-16)17-13(10-14(18)12-20-17)11-19-15-8-9-15/h3-7,10,12,15,19H,2,8-9,11H2,1H3. The van der Waals surface area contributed by atoms with Crippen molar-refractivity contribution < 1.29 is 0 Å². The highest BCUT2D eigenvalue weighted by atomic mass is 79.9. The number of hydrogen-bond acceptors (Lipinski definition) is 3. The molecule has 110 valence electrons. The summed E-state index contributed by atoms with van der Waals surface area (Å²) in [5, 5.41) is 3.58. The Labute approximate surface area is 134 Å². The van der Waals surface area contributed by atoms with Gasteiger partial charge in [-0.25, -0.2) is 4.98 Å². The number of benzene rings is 1. The molecule has 3 nitrogen and oxygen atoms in total. The van der Waals surface area contributed by atoms with Crippen LogP contribution in [0.4, 0.5) is 11.5 Å². The number of aromatic nitrogens is 1. The van der Waals surface area contributed by atoms with Crippen LogP contribution in [0.2, 0.25) is 0 Å². The molecule has 1 aliphatic carbocycles. The second-order valence-corrected chi connectivity index (χ2v) is 6.29. The minimum absolute atomic E-state index is 0.698. The van der Waals surface area contributed by atoms with Gasteiger partial charge in [-0.3, -0.25) is 0 Å². The van der Waals surface area contributed by atoms with Crippen molar-refractivity contribution in [2.45, 2.75) is 32.4 Å². The van der Waals surface area contributed by atoms with Crippen LogP contribution < -0.4 is 10.2 Å². The van der Waals surface area contributed by atoms with Gasteiger partial charge in [-0.1, -0.05) is 18.2 Å². The Morgan fingerprint density at radius 2 is 2.05 bits per heavy atom. The molecule has 0 atom stereocenters. The molecule has 0 amide bonds. The first-order valence-electron chi connectivity index (χ1n) is 7.48. The third-order valence-electron chi connectivity index (χ3n) is 3.71. The summed E-state index contributed by atoms with van der Waals surface area (Å²) < 4.78 is 1.03. The van der Waals surface area contributed by atoms with Crippen LogP contribution in [-0.2, 0) is 6.54 Å². The van der Waals surface area contributed by atoms with E-state index < -0.39 is 0 Å². The van der Waals surface area contributed by atoms with Gasteiger partial charge in [0, 0.05) is 41.1 Å². The molecule has 0 bridgehead atoms. The molecule has 3 rings (SSSR count). The molecule has 0 spiro atoms. The van der Waals surface area contributed by atoms with Crippen molar-refractivity contribution in [1.29, 1.82) is 0 Å². The van der Waals surface area contributed by atoms with Crippen LogP contribution in [0, 0.1) is 0 Å². The van der Waals surface area contributed by atoms with Crippen molar-refractivity contribution >= 4 is 27.4 Å². The van der Waals surface area contributed by atoms with Crippen LogP contribution in [-0.4, -0.2) is 17.6 Å². The third-order valence-corrected chi connectivity index (χ3v) is 4.14. The summed E-state index contributed by atoms with van der Waals surface area (Å²) >= 11 is 3.54. The highest BCUT2D eigenvalue weighted by molar-refractivity contribution is 9.10. The Bertz CT molecular complexity index is 596. The van der Waals surface area contributed by atoms with E-state index in [4.69, 9.17) is 0 Å². The van der Waals surface area contributed by atoms with Gasteiger partial charge in [-0.15, -0.1) is 0 Å². The maximum atomic E-state index is 4.66. The summed E-state index contributed by atoms with van der Waals surface area (Å²) in [6.45, 7) is 3.93. The smallest absolute Gasteiger partial charge is 0.137 e. The fraction of sp³-hybridized carbons (Fsp3) is 0.353. The van der Waals surface area contributed by atoms with Crippen LogP contribution in [0.15, 0.2) is 47.1 Å². The van der Waals surface area contributed by atoms with E-state index >= 15 is 0 Å². The van der Waals surface area contributed by atoms with Crippen molar-refractivity contribution in [3.05, 3.63) is 52.6 Å². The molecule has 1 aliphatic rings. The molecule has 1 saturated carbocycles. The lowest BCUT2D eigenvalue weighted by Gasteiger charge is -2.25. The minimum atomic E-state index is 0.698. The molecule has 4 heteroatoms. The van der Waals surface area contributed by atoms with Crippen molar-refractivity contribution in [3.8, 4) is 0 Å². The zero-order chi connectivity index (χ0) is 14.7. The predicted molar refractivity (Wildman–Crippen MR) is 90.9 cm³/mol. The van der Waals surface area contributed by atoms with Gasteiger partial charge in [0.2, 0.25) is 0 Å². The molecular weight excluding hydrogens is 326 g/mol. The highest BCUT2D eigenvalue weighted by Gasteiger charge is 2.21. The van der Waals surface area contributed by atoms with E-state index in [9.17, 15) is 0 Å². The van der Waals surface area contributed by atoms with Crippen molar-refractivity contribution in [1.82, 2.24) is 10.3 Å². The number of anilines is 2. The molecular formula is C17H20BrN3. The fourth-order valence-corrected chi connectivity index (χ4v) is 2.83. The zero-order valence-corrected chi connectivity index (χ0v) is 13.8. The number of pyridine rings is 1. The molecule has 0 radical (unpaired) electrons. The Kier molecular flexibility index (Phi) is 4.56. The van der Waals surface area contributed by atoms with E-state index in [0.29, 0.717) is 6.04 Å². The van der Waals surface area contributed by atoms with E-state index in [1.54, 1.807) is 0 Å². The quantitative estimate of drug-likeness (QED) is 0.847. The summed E-state index contributed by atoms with van der Waals surface area (Å²) in [7, 11) is 0. The van der Waals surface area contributed by atoms with Gasteiger partial charge >= 0.3 is 0 Å². The normalized spacial score (nSPS) is 14.2. The maximum absolute atomic E-state index is 4.66.